The molecule has 3 heterocycles. The number of pyridine rings is 1. The average molecular weight is 192 g/mol. The molecule has 1 N–H and O–H groups in total. The SMILES string of the molecule is c1nc2c(c3c1CNC3)CSCC2. The van der Waals surface area contributed by atoms with Gasteiger partial charge in [0.15, 0.2) is 0 Å². The monoisotopic (exact) mass is 192 g/mol. The van der Waals surface area contributed by atoms with Gasteiger partial charge in [-0.25, -0.2) is 0 Å². The number of thioether (sulfide) groups is 1. The van der Waals surface area contributed by atoms with E-state index in [0.717, 1.165) is 19.5 Å². The molecule has 2 nitrogen and oxygen atoms in total. The number of aryl methyl sites for hydroxylation is 1. The first-order chi connectivity index (χ1) is 6.45. The number of nitrogens with zero attached hydrogens (tertiary/aromatic N) is 1. The molecule has 0 unspecified atom stereocenters. The van der Waals surface area contributed by atoms with E-state index in [1.807, 2.05) is 11.8 Å². The van der Waals surface area contributed by atoms with E-state index in [9.17, 15) is 0 Å². The molecule has 3 heteroatoms. The van der Waals surface area contributed by atoms with Crippen LogP contribution in [0.4, 0.5) is 0 Å². The van der Waals surface area contributed by atoms with E-state index in [2.05, 4.69) is 16.5 Å². The lowest BCUT2D eigenvalue weighted by Crippen LogP contribution is -2.09. The first-order valence-electron chi connectivity index (χ1n) is 4.72. The Morgan fingerprint density at radius 3 is 3.31 bits per heavy atom. The molecule has 0 aromatic carbocycles. The Hall–Kier alpha value is -0.540. The molecule has 2 aliphatic rings. The maximum absolute atomic E-state index is 4.54. The maximum atomic E-state index is 4.54. The summed E-state index contributed by atoms with van der Waals surface area (Å²) in [6.45, 7) is 2.07. The largest absolute Gasteiger partial charge is 0.309 e. The van der Waals surface area contributed by atoms with Gasteiger partial charge in [-0.3, -0.25) is 4.98 Å². The lowest BCUT2D eigenvalue weighted by Gasteiger charge is -2.17. The summed E-state index contributed by atoms with van der Waals surface area (Å²) in [6.07, 6.45) is 3.22. The second kappa shape index (κ2) is 3.00. The van der Waals surface area contributed by atoms with E-state index < -0.39 is 0 Å². The van der Waals surface area contributed by atoms with Gasteiger partial charge in [0.1, 0.15) is 0 Å². The number of nitrogens with one attached hydrogen (secondary N) is 1. The molecule has 0 fully saturated rings. The van der Waals surface area contributed by atoms with Crippen molar-refractivity contribution in [2.75, 3.05) is 5.75 Å². The van der Waals surface area contributed by atoms with Gasteiger partial charge in [0.25, 0.3) is 0 Å². The Kier molecular flexibility index (Phi) is 1.80. The zero-order chi connectivity index (χ0) is 8.67. The molecule has 0 aliphatic carbocycles. The summed E-state index contributed by atoms with van der Waals surface area (Å²) in [5, 5.41) is 3.39. The summed E-state index contributed by atoms with van der Waals surface area (Å²) >= 11 is 2.04. The lowest BCUT2D eigenvalue weighted by atomic mass is 10.0. The zero-order valence-electron chi connectivity index (χ0n) is 7.47. The van der Waals surface area contributed by atoms with Crippen molar-refractivity contribution in [2.45, 2.75) is 25.3 Å². The minimum absolute atomic E-state index is 1.01. The fourth-order valence-corrected chi connectivity index (χ4v) is 3.13. The smallest absolute Gasteiger partial charge is 0.0455 e. The number of hydrogen-bond donors (Lipinski definition) is 1. The summed E-state index contributed by atoms with van der Waals surface area (Å²) < 4.78 is 0. The summed E-state index contributed by atoms with van der Waals surface area (Å²) in [6, 6.07) is 0. The van der Waals surface area contributed by atoms with Crippen LogP contribution in [0.3, 0.4) is 0 Å². The first kappa shape index (κ1) is 7.83. The number of aromatic nitrogens is 1. The molecule has 0 spiro atoms. The predicted molar refractivity (Wildman–Crippen MR) is 54.6 cm³/mol. The second-order valence-electron chi connectivity index (χ2n) is 3.59. The summed E-state index contributed by atoms with van der Waals surface area (Å²) in [5.41, 5.74) is 5.83. The second-order valence-corrected chi connectivity index (χ2v) is 4.70. The number of rotatable bonds is 0. The molecule has 3 rings (SSSR count). The van der Waals surface area contributed by atoms with Crippen molar-refractivity contribution in [3.63, 3.8) is 0 Å². The Bertz CT molecular complexity index is 349. The number of fused-ring (bicyclic) bond motifs is 3. The van der Waals surface area contributed by atoms with E-state index in [1.54, 1.807) is 0 Å². The fourth-order valence-electron chi connectivity index (χ4n) is 2.10. The third kappa shape index (κ3) is 1.18. The predicted octanol–water partition coefficient (Wildman–Crippen LogP) is 1.47. The van der Waals surface area contributed by atoms with Gasteiger partial charge in [-0.2, -0.15) is 11.8 Å². The van der Waals surface area contributed by atoms with Crippen molar-refractivity contribution in [3.8, 4) is 0 Å². The van der Waals surface area contributed by atoms with Gasteiger partial charge in [-0.05, 0) is 28.9 Å². The van der Waals surface area contributed by atoms with Crippen LogP contribution in [0.1, 0.15) is 22.4 Å². The van der Waals surface area contributed by atoms with Crippen LogP contribution in [-0.4, -0.2) is 10.7 Å². The van der Waals surface area contributed by atoms with Gasteiger partial charge in [0, 0.05) is 30.7 Å². The molecule has 68 valence electrons. The molecule has 0 radical (unpaired) electrons. The first-order valence-corrected chi connectivity index (χ1v) is 5.87. The minimum atomic E-state index is 1.01. The summed E-state index contributed by atoms with van der Waals surface area (Å²) in [4.78, 5) is 4.54. The molecule has 13 heavy (non-hydrogen) atoms. The zero-order valence-corrected chi connectivity index (χ0v) is 8.28. The van der Waals surface area contributed by atoms with Crippen LogP contribution in [0.25, 0.3) is 0 Å². The van der Waals surface area contributed by atoms with E-state index in [1.165, 1.54) is 33.9 Å². The van der Waals surface area contributed by atoms with Crippen molar-refractivity contribution in [1.29, 1.82) is 0 Å². The van der Waals surface area contributed by atoms with Crippen molar-refractivity contribution in [2.24, 2.45) is 0 Å². The maximum Gasteiger partial charge on any atom is 0.0455 e. The minimum Gasteiger partial charge on any atom is -0.309 e. The van der Waals surface area contributed by atoms with Crippen LogP contribution >= 0.6 is 11.8 Å². The topological polar surface area (TPSA) is 24.9 Å². The van der Waals surface area contributed by atoms with E-state index in [4.69, 9.17) is 0 Å². The quantitative estimate of drug-likeness (QED) is 0.674. The van der Waals surface area contributed by atoms with Gasteiger partial charge >= 0.3 is 0 Å². The Morgan fingerprint density at radius 2 is 2.31 bits per heavy atom. The van der Waals surface area contributed by atoms with Crippen LogP contribution in [0.5, 0.6) is 0 Å². The molecule has 1 aromatic heterocycles. The standard InChI is InChI=1S/C10H12N2S/c1-2-13-6-9-8-5-11-3-7(8)4-12-10(1)9/h4,11H,1-3,5-6H2. The van der Waals surface area contributed by atoms with Crippen LogP contribution in [0, 0.1) is 0 Å². The van der Waals surface area contributed by atoms with E-state index in [0.29, 0.717) is 0 Å². The van der Waals surface area contributed by atoms with Gasteiger partial charge in [0.05, 0.1) is 0 Å². The van der Waals surface area contributed by atoms with E-state index >= 15 is 0 Å². The van der Waals surface area contributed by atoms with Crippen molar-refractivity contribution >= 4 is 11.8 Å². The highest BCUT2D eigenvalue weighted by atomic mass is 32.2. The van der Waals surface area contributed by atoms with Crippen LogP contribution in [-0.2, 0) is 25.3 Å². The molecule has 0 amide bonds. The van der Waals surface area contributed by atoms with Gasteiger partial charge in [0.2, 0.25) is 0 Å². The van der Waals surface area contributed by atoms with Crippen LogP contribution in [0.15, 0.2) is 6.20 Å². The molecule has 2 aliphatic heterocycles. The highest BCUT2D eigenvalue weighted by Crippen LogP contribution is 2.29. The number of hydrogen-bond acceptors (Lipinski definition) is 3. The lowest BCUT2D eigenvalue weighted by molar-refractivity contribution is 0.762. The van der Waals surface area contributed by atoms with E-state index in [-0.39, 0.29) is 0 Å². The summed E-state index contributed by atoms with van der Waals surface area (Å²) in [5.74, 6) is 2.42. The van der Waals surface area contributed by atoms with Crippen molar-refractivity contribution in [3.05, 3.63) is 28.6 Å². The summed E-state index contributed by atoms with van der Waals surface area (Å²) in [7, 11) is 0. The normalized spacial score (nSPS) is 19.7. The van der Waals surface area contributed by atoms with Gasteiger partial charge in [-0.1, -0.05) is 0 Å². The van der Waals surface area contributed by atoms with Gasteiger partial charge < -0.3 is 5.32 Å². The highest BCUT2D eigenvalue weighted by Gasteiger charge is 2.20. The molecule has 0 saturated carbocycles. The highest BCUT2D eigenvalue weighted by molar-refractivity contribution is 7.98. The molecule has 0 atom stereocenters. The Balaban J connectivity index is 2.17. The van der Waals surface area contributed by atoms with Crippen molar-refractivity contribution < 1.29 is 0 Å². The van der Waals surface area contributed by atoms with Crippen LogP contribution in [0.2, 0.25) is 0 Å². The Morgan fingerprint density at radius 1 is 1.31 bits per heavy atom. The molecule has 0 bridgehead atoms. The molecule has 0 saturated heterocycles. The van der Waals surface area contributed by atoms with Crippen molar-refractivity contribution in [1.82, 2.24) is 10.3 Å². The molecule has 1 aromatic rings. The van der Waals surface area contributed by atoms with Gasteiger partial charge in [-0.15, -0.1) is 0 Å². The van der Waals surface area contributed by atoms with Crippen LogP contribution < -0.4 is 5.32 Å². The molecular weight excluding hydrogens is 180 g/mol. The average Bonchev–Trinajstić information content (AvgIpc) is 2.65. The Labute approximate surface area is 82.1 Å². The fraction of sp³-hybridized carbons (Fsp3) is 0.500. The third-order valence-corrected chi connectivity index (χ3v) is 3.81. The molecular formula is C10H12N2S. The third-order valence-electron chi connectivity index (χ3n) is 2.82.